The van der Waals surface area contributed by atoms with Gasteiger partial charge >= 0.3 is 0 Å². The summed E-state index contributed by atoms with van der Waals surface area (Å²) in [5, 5.41) is 8.27. The van der Waals surface area contributed by atoms with E-state index in [1.807, 2.05) is 36.5 Å². The largest absolute Gasteiger partial charge is 0.359 e. The van der Waals surface area contributed by atoms with Gasteiger partial charge in [0.25, 0.3) is 0 Å². The summed E-state index contributed by atoms with van der Waals surface area (Å²) in [7, 11) is 1.66. The number of aryl methyl sites for hydroxylation is 2. The van der Waals surface area contributed by atoms with E-state index in [4.69, 9.17) is 9.97 Å². The lowest BCUT2D eigenvalue weighted by molar-refractivity contribution is -0.122. The van der Waals surface area contributed by atoms with E-state index >= 15 is 0 Å². The number of carbonyl (C=O) groups excluding carboxylic acids is 2. The summed E-state index contributed by atoms with van der Waals surface area (Å²) in [6.07, 6.45) is 6.83. The number of para-hydroxylation sites is 2. The molecule has 3 aromatic carbocycles. The van der Waals surface area contributed by atoms with Gasteiger partial charge in [0.1, 0.15) is 11.6 Å². The van der Waals surface area contributed by atoms with Crippen LogP contribution in [0.5, 0.6) is 0 Å². The number of hydrogen-bond donors (Lipinski definition) is 3. The summed E-state index contributed by atoms with van der Waals surface area (Å²) in [6.45, 7) is 2.65. The fourth-order valence-electron chi connectivity index (χ4n) is 5.35. The standard InChI is InChI=1S/C33H38N6O2/c1-3-30-36-26-13-9-10-15-29(26)39(30)20-19-32(41)37-27(14-5-4-6-16-31(40)34-2)33-35-22-28(38-33)25-18-17-23-11-7-8-12-24(23)21-25/h7-13,15,17-18,21-22,27H,3-6,14,16,19-20H2,1-2H3,(H,34,40)(H,35,38)(H,37,41)/t27-/m0/s1. The lowest BCUT2D eigenvalue weighted by Crippen LogP contribution is -2.30. The number of amides is 2. The number of aromatic nitrogens is 4. The van der Waals surface area contributed by atoms with Crippen molar-refractivity contribution in [1.82, 2.24) is 30.2 Å². The third-order valence-corrected chi connectivity index (χ3v) is 7.61. The van der Waals surface area contributed by atoms with Crippen molar-refractivity contribution < 1.29 is 9.59 Å². The maximum Gasteiger partial charge on any atom is 0.222 e. The molecule has 1 atom stereocenters. The van der Waals surface area contributed by atoms with Crippen LogP contribution < -0.4 is 10.6 Å². The number of imidazole rings is 2. The van der Waals surface area contributed by atoms with Gasteiger partial charge in [-0.15, -0.1) is 0 Å². The number of aromatic amines is 1. The Hall–Kier alpha value is -4.46. The number of rotatable bonds is 13. The smallest absolute Gasteiger partial charge is 0.222 e. The molecule has 212 valence electrons. The molecular weight excluding hydrogens is 512 g/mol. The minimum Gasteiger partial charge on any atom is -0.359 e. The molecule has 3 N–H and O–H groups in total. The zero-order chi connectivity index (χ0) is 28.6. The van der Waals surface area contributed by atoms with Crippen LogP contribution in [-0.2, 0) is 22.6 Å². The number of H-pyrrole nitrogens is 1. The van der Waals surface area contributed by atoms with Crippen LogP contribution in [-0.4, -0.2) is 38.4 Å². The zero-order valence-corrected chi connectivity index (χ0v) is 23.8. The molecule has 41 heavy (non-hydrogen) atoms. The minimum absolute atomic E-state index is 0.0242. The first-order valence-corrected chi connectivity index (χ1v) is 14.5. The summed E-state index contributed by atoms with van der Waals surface area (Å²) in [5.41, 5.74) is 3.98. The van der Waals surface area contributed by atoms with E-state index in [0.717, 1.165) is 66.0 Å². The summed E-state index contributed by atoms with van der Waals surface area (Å²) in [6, 6.07) is 22.4. The maximum absolute atomic E-state index is 13.3. The first-order chi connectivity index (χ1) is 20.1. The van der Waals surface area contributed by atoms with E-state index in [-0.39, 0.29) is 17.9 Å². The summed E-state index contributed by atoms with van der Waals surface area (Å²) < 4.78 is 2.15. The minimum atomic E-state index is -0.248. The van der Waals surface area contributed by atoms with Crippen LogP contribution in [0.25, 0.3) is 33.1 Å². The molecule has 2 heterocycles. The van der Waals surface area contributed by atoms with Gasteiger partial charge in [0.2, 0.25) is 11.8 Å². The molecule has 0 spiro atoms. The molecule has 8 heteroatoms. The zero-order valence-electron chi connectivity index (χ0n) is 23.8. The highest BCUT2D eigenvalue weighted by molar-refractivity contribution is 5.86. The molecule has 0 bridgehead atoms. The lowest BCUT2D eigenvalue weighted by atomic mass is 10.1. The average Bonchev–Trinajstić information content (AvgIpc) is 3.64. The molecule has 5 rings (SSSR count). The number of unbranched alkanes of at least 4 members (excludes halogenated alkanes) is 2. The molecule has 0 fully saturated rings. The Kier molecular flexibility index (Phi) is 9.08. The Morgan fingerprint density at radius 2 is 1.73 bits per heavy atom. The average molecular weight is 551 g/mol. The maximum atomic E-state index is 13.3. The molecule has 0 aliphatic carbocycles. The molecule has 2 amide bonds. The number of carbonyl (C=O) groups is 2. The van der Waals surface area contributed by atoms with E-state index in [1.54, 1.807) is 7.05 Å². The third kappa shape index (κ3) is 6.82. The fraction of sp³-hybridized carbons (Fsp3) is 0.333. The third-order valence-electron chi connectivity index (χ3n) is 7.61. The number of benzene rings is 3. The van der Waals surface area contributed by atoms with Gasteiger partial charge in [-0.3, -0.25) is 9.59 Å². The highest BCUT2D eigenvalue weighted by atomic mass is 16.2. The molecule has 0 aliphatic heterocycles. The highest BCUT2D eigenvalue weighted by Crippen LogP contribution is 2.26. The highest BCUT2D eigenvalue weighted by Gasteiger charge is 2.19. The molecule has 0 saturated heterocycles. The molecule has 8 nitrogen and oxygen atoms in total. The van der Waals surface area contributed by atoms with E-state index in [0.29, 0.717) is 19.4 Å². The Labute approximate surface area is 240 Å². The Morgan fingerprint density at radius 1 is 0.927 bits per heavy atom. The topological polar surface area (TPSA) is 105 Å². The van der Waals surface area contributed by atoms with Gasteiger partial charge in [0.05, 0.1) is 29.0 Å². The van der Waals surface area contributed by atoms with Gasteiger partial charge < -0.3 is 20.2 Å². The molecule has 0 aliphatic rings. The van der Waals surface area contributed by atoms with Gasteiger partial charge in [-0.25, -0.2) is 9.97 Å². The lowest BCUT2D eigenvalue weighted by Gasteiger charge is -2.17. The Morgan fingerprint density at radius 3 is 2.56 bits per heavy atom. The van der Waals surface area contributed by atoms with Crippen LogP contribution in [0.4, 0.5) is 0 Å². The van der Waals surface area contributed by atoms with Crippen LogP contribution in [0.15, 0.2) is 72.9 Å². The summed E-state index contributed by atoms with van der Waals surface area (Å²) in [5.74, 6) is 1.76. The normalized spacial score (nSPS) is 12.0. The second kappa shape index (κ2) is 13.3. The van der Waals surface area contributed by atoms with E-state index in [9.17, 15) is 9.59 Å². The second-order valence-electron chi connectivity index (χ2n) is 10.4. The van der Waals surface area contributed by atoms with Gasteiger partial charge in [-0.1, -0.05) is 68.3 Å². The SMILES string of the molecule is CCc1nc2ccccc2n1CCC(=O)N[C@@H](CCCCCC(=O)NC)c1ncc(-c2ccc3ccccc3c2)[nH]1. The number of hydrogen-bond acceptors (Lipinski definition) is 4. The second-order valence-corrected chi connectivity index (χ2v) is 10.4. The number of fused-ring (bicyclic) bond motifs is 2. The first-order valence-electron chi connectivity index (χ1n) is 14.5. The quantitative estimate of drug-likeness (QED) is 0.154. The van der Waals surface area contributed by atoms with Crippen LogP contribution in [0.1, 0.15) is 63.1 Å². The van der Waals surface area contributed by atoms with Crippen LogP contribution in [0.2, 0.25) is 0 Å². The number of nitrogens with zero attached hydrogens (tertiary/aromatic N) is 3. The van der Waals surface area contributed by atoms with Crippen molar-refractivity contribution in [2.24, 2.45) is 0 Å². The molecule has 0 saturated carbocycles. The molecule has 5 aromatic rings. The number of nitrogens with one attached hydrogen (secondary N) is 3. The van der Waals surface area contributed by atoms with E-state index in [2.05, 4.69) is 63.5 Å². The van der Waals surface area contributed by atoms with Gasteiger partial charge in [-0.05, 0) is 41.8 Å². The van der Waals surface area contributed by atoms with Crippen LogP contribution >= 0.6 is 0 Å². The van der Waals surface area contributed by atoms with Gasteiger partial charge in [0.15, 0.2) is 0 Å². The van der Waals surface area contributed by atoms with Crippen molar-refractivity contribution in [3.8, 4) is 11.3 Å². The summed E-state index contributed by atoms with van der Waals surface area (Å²) >= 11 is 0. The van der Waals surface area contributed by atoms with Crippen LogP contribution in [0.3, 0.4) is 0 Å². The molecule has 0 radical (unpaired) electrons. The monoisotopic (exact) mass is 550 g/mol. The molecule has 0 unspecified atom stereocenters. The molecular formula is C33H38N6O2. The van der Waals surface area contributed by atoms with Crippen molar-refractivity contribution in [1.29, 1.82) is 0 Å². The summed E-state index contributed by atoms with van der Waals surface area (Å²) in [4.78, 5) is 37.8. The Bertz CT molecular complexity index is 1640. The fourth-order valence-corrected chi connectivity index (χ4v) is 5.35. The predicted molar refractivity (Wildman–Crippen MR) is 163 cm³/mol. The Balaban J connectivity index is 1.29. The van der Waals surface area contributed by atoms with Crippen molar-refractivity contribution in [3.63, 3.8) is 0 Å². The predicted octanol–water partition coefficient (Wildman–Crippen LogP) is 6.09. The van der Waals surface area contributed by atoms with Gasteiger partial charge in [-0.2, -0.15) is 0 Å². The van der Waals surface area contributed by atoms with Crippen molar-refractivity contribution >= 4 is 33.6 Å². The van der Waals surface area contributed by atoms with E-state index < -0.39 is 0 Å². The van der Waals surface area contributed by atoms with Gasteiger partial charge in [0, 0.05) is 38.4 Å². The van der Waals surface area contributed by atoms with Crippen molar-refractivity contribution in [3.05, 3.63) is 84.6 Å². The van der Waals surface area contributed by atoms with Crippen molar-refractivity contribution in [2.45, 2.75) is 64.5 Å². The first kappa shape index (κ1) is 28.1. The van der Waals surface area contributed by atoms with Crippen LogP contribution in [0, 0.1) is 0 Å². The molecule has 2 aromatic heterocycles. The van der Waals surface area contributed by atoms with E-state index in [1.165, 1.54) is 10.8 Å². The van der Waals surface area contributed by atoms with Crippen molar-refractivity contribution in [2.75, 3.05) is 7.05 Å².